The van der Waals surface area contributed by atoms with Gasteiger partial charge in [-0.2, -0.15) is 0 Å². The molecule has 0 bridgehead atoms. The quantitative estimate of drug-likeness (QED) is 0.826. The van der Waals surface area contributed by atoms with Crippen molar-refractivity contribution in [2.45, 2.75) is 58.0 Å². The highest BCUT2D eigenvalue weighted by atomic mass is 16.1. The summed E-state index contributed by atoms with van der Waals surface area (Å²) in [6.45, 7) is 10.3. The highest BCUT2D eigenvalue weighted by Crippen LogP contribution is 2.30. The molecule has 2 rings (SSSR count). The molecule has 2 N–H and O–H groups in total. The fourth-order valence-electron chi connectivity index (χ4n) is 3.71. The first kappa shape index (κ1) is 15.8. The second kappa shape index (κ2) is 6.44. The number of hydrogen-bond donors (Lipinski definition) is 2. The van der Waals surface area contributed by atoms with E-state index in [1.165, 1.54) is 25.9 Å². The monoisotopic (exact) mass is 281 g/mol. The Morgan fingerprint density at radius 2 is 1.90 bits per heavy atom. The lowest BCUT2D eigenvalue weighted by Gasteiger charge is -2.41. The van der Waals surface area contributed by atoms with Crippen molar-refractivity contribution in [1.29, 1.82) is 0 Å². The lowest BCUT2D eigenvalue weighted by atomic mass is 9.84. The van der Waals surface area contributed by atoms with E-state index in [1.807, 2.05) is 0 Å². The SMILES string of the molecule is CNC(=O)[C@@H]1CCNC1CC1CCN(C(C)(C)C)CC1. The molecule has 2 atom stereocenters. The Morgan fingerprint density at radius 3 is 2.45 bits per heavy atom. The minimum atomic E-state index is 0.181. The van der Waals surface area contributed by atoms with Crippen LogP contribution in [-0.4, -0.2) is 49.1 Å². The summed E-state index contributed by atoms with van der Waals surface area (Å²) in [5.41, 5.74) is 0.293. The number of piperidine rings is 1. The molecule has 2 fully saturated rings. The van der Waals surface area contributed by atoms with Gasteiger partial charge in [0.25, 0.3) is 0 Å². The van der Waals surface area contributed by atoms with E-state index in [4.69, 9.17) is 0 Å². The number of amides is 1. The molecule has 0 saturated carbocycles. The average molecular weight is 281 g/mol. The topological polar surface area (TPSA) is 44.4 Å². The van der Waals surface area contributed by atoms with E-state index in [2.05, 4.69) is 36.3 Å². The first-order chi connectivity index (χ1) is 9.41. The molecule has 1 unspecified atom stereocenters. The van der Waals surface area contributed by atoms with Crippen LogP contribution in [0.4, 0.5) is 0 Å². The summed E-state index contributed by atoms with van der Waals surface area (Å²) in [5.74, 6) is 1.17. The van der Waals surface area contributed by atoms with E-state index >= 15 is 0 Å². The fourth-order valence-corrected chi connectivity index (χ4v) is 3.71. The third-order valence-corrected chi connectivity index (χ3v) is 5.08. The predicted octanol–water partition coefficient (Wildman–Crippen LogP) is 1.61. The number of rotatable bonds is 3. The van der Waals surface area contributed by atoms with Crippen molar-refractivity contribution in [3.63, 3.8) is 0 Å². The summed E-state index contributed by atoms with van der Waals surface area (Å²) in [6.07, 6.45) is 4.70. The summed E-state index contributed by atoms with van der Waals surface area (Å²) < 4.78 is 0. The van der Waals surface area contributed by atoms with E-state index in [1.54, 1.807) is 7.05 Å². The molecule has 0 spiro atoms. The Bertz CT molecular complexity index is 329. The zero-order valence-electron chi connectivity index (χ0n) is 13.5. The molecule has 2 heterocycles. The van der Waals surface area contributed by atoms with Crippen LogP contribution >= 0.6 is 0 Å². The minimum absolute atomic E-state index is 0.181. The number of carbonyl (C=O) groups is 1. The second-order valence-corrected chi connectivity index (χ2v) is 7.41. The molecule has 4 nitrogen and oxygen atoms in total. The highest BCUT2D eigenvalue weighted by Gasteiger charge is 2.35. The normalized spacial score (nSPS) is 29.6. The number of hydrogen-bond acceptors (Lipinski definition) is 3. The Labute approximate surface area is 123 Å². The first-order valence-electron chi connectivity index (χ1n) is 8.12. The van der Waals surface area contributed by atoms with E-state index < -0.39 is 0 Å². The van der Waals surface area contributed by atoms with Crippen molar-refractivity contribution in [2.75, 3.05) is 26.7 Å². The van der Waals surface area contributed by atoms with Crippen molar-refractivity contribution < 1.29 is 4.79 Å². The van der Waals surface area contributed by atoms with Gasteiger partial charge in [-0.3, -0.25) is 9.69 Å². The molecule has 116 valence electrons. The molecule has 2 aliphatic heterocycles. The molecular weight excluding hydrogens is 250 g/mol. The molecule has 4 heteroatoms. The van der Waals surface area contributed by atoms with Gasteiger partial charge in [0.15, 0.2) is 0 Å². The average Bonchev–Trinajstić information content (AvgIpc) is 2.85. The molecule has 0 radical (unpaired) electrons. The number of likely N-dealkylation sites (tertiary alicyclic amines) is 1. The molecule has 20 heavy (non-hydrogen) atoms. The summed E-state index contributed by atoms with van der Waals surface area (Å²) in [7, 11) is 1.75. The maximum Gasteiger partial charge on any atom is 0.224 e. The van der Waals surface area contributed by atoms with E-state index in [0.717, 1.165) is 25.3 Å². The Kier molecular flexibility index (Phi) is 5.08. The van der Waals surface area contributed by atoms with Crippen LogP contribution in [0, 0.1) is 11.8 Å². The van der Waals surface area contributed by atoms with E-state index in [-0.39, 0.29) is 11.8 Å². The number of nitrogens with zero attached hydrogens (tertiary/aromatic N) is 1. The summed E-state index contributed by atoms with van der Waals surface area (Å²) in [6, 6.07) is 0.390. The van der Waals surface area contributed by atoms with Crippen LogP contribution < -0.4 is 10.6 Å². The van der Waals surface area contributed by atoms with Crippen molar-refractivity contribution >= 4 is 5.91 Å². The van der Waals surface area contributed by atoms with Crippen molar-refractivity contribution in [3.05, 3.63) is 0 Å². The molecule has 0 aromatic carbocycles. The van der Waals surface area contributed by atoms with Gasteiger partial charge in [-0.05, 0) is 72.0 Å². The molecule has 2 aliphatic rings. The number of nitrogens with one attached hydrogen (secondary N) is 2. The van der Waals surface area contributed by atoms with Gasteiger partial charge in [0.2, 0.25) is 5.91 Å². The predicted molar refractivity (Wildman–Crippen MR) is 82.6 cm³/mol. The van der Waals surface area contributed by atoms with Gasteiger partial charge in [0.1, 0.15) is 0 Å². The molecule has 2 saturated heterocycles. The Morgan fingerprint density at radius 1 is 1.25 bits per heavy atom. The van der Waals surface area contributed by atoms with E-state index in [9.17, 15) is 4.79 Å². The Balaban J connectivity index is 1.82. The van der Waals surface area contributed by atoms with Crippen molar-refractivity contribution in [2.24, 2.45) is 11.8 Å². The standard InChI is InChI=1S/C16H31N3O/c1-16(2,3)19-9-6-12(7-10-19)11-14-13(5-8-18-14)15(20)17-4/h12-14,18H,5-11H2,1-4H3,(H,17,20)/t13-,14?/m1/s1. The third kappa shape index (κ3) is 3.73. The van der Waals surface area contributed by atoms with Gasteiger partial charge in [-0.15, -0.1) is 0 Å². The maximum absolute atomic E-state index is 11.9. The minimum Gasteiger partial charge on any atom is -0.359 e. The zero-order chi connectivity index (χ0) is 14.8. The summed E-state index contributed by atoms with van der Waals surface area (Å²) >= 11 is 0. The second-order valence-electron chi connectivity index (χ2n) is 7.41. The first-order valence-corrected chi connectivity index (χ1v) is 8.12. The lowest BCUT2D eigenvalue weighted by molar-refractivity contribution is -0.124. The maximum atomic E-state index is 11.9. The van der Waals surface area contributed by atoms with Gasteiger partial charge in [-0.25, -0.2) is 0 Å². The highest BCUT2D eigenvalue weighted by molar-refractivity contribution is 5.79. The van der Waals surface area contributed by atoms with Gasteiger partial charge in [0, 0.05) is 18.6 Å². The molecule has 0 aliphatic carbocycles. The van der Waals surface area contributed by atoms with Gasteiger partial charge in [-0.1, -0.05) is 0 Å². The van der Waals surface area contributed by atoms with E-state index in [0.29, 0.717) is 11.6 Å². The van der Waals surface area contributed by atoms with Gasteiger partial charge < -0.3 is 10.6 Å². The molecular formula is C16H31N3O. The lowest BCUT2D eigenvalue weighted by Crippen LogP contribution is -2.47. The van der Waals surface area contributed by atoms with Crippen molar-refractivity contribution in [3.8, 4) is 0 Å². The van der Waals surface area contributed by atoms with Crippen LogP contribution in [0.3, 0.4) is 0 Å². The number of carbonyl (C=O) groups excluding carboxylic acids is 1. The zero-order valence-corrected chi connectivity index (χ0v) is 13.5. The molecule has 1 amide bonds. The summed E-state index contributed by atoms with van der Waals surface area (Å²) in [5, 5.41) is 6.35. The third-order valence-electron chi connectivity index (χ3n) is 5.08. The largest absolute Gasteiger partial charge is 0.359 e. The van der Waals surface area contributed by atoms with Crippen LogP contribution in [-0.2, 0) is 4.79 Å². The Hall–Kier alpha value is -0.610. The molecule has 0 aromatic heterocycles. The van der Waals surface area contributed by atoms with Gasteiger partial charge >= 0.3 is 0 Å². The van der Waals surface area contributed by atoms with Gasteiger partial charge in [0.05, 0.1) is 5.92 Å². The molecule has 0 aromatic rings. The van der Waals surface area contributed by atoms with Crippen LogP contribution in [0.5, 0.6) is 0 Å². The fraction of sp³-hybridized carbons (Fsp3) is 0.938. The van der Waals surface area contributed by atoms with Crippen LogP contribution in [0.1, 0.15) is 46.5 Å². The summed E-state index contributed by atoms with van der Waals surface area (Å²) in [4.78, 5) is 14.5. The van der Waals surface area contributed by atoms with Crippen molar-refractivity contribution in [1.82, 2.24) is 15.5 Å². The van der Waals surface area contributed by atoms with Crippen LogP contribution in [0.15, 0.2) is 0 Å². The smallest absolute Gasteiger partial charge is 0.224 e. The van der Waals surface area contributed by atoms with Crippen LogP contribution in [0.25, 0.3) is 0 Å². The van der Waals surface area contributed by atoms with Crippen LogP contribution in [0.2, 0.25) is 0 Å².